The Labute approximate surface area is 130 Å². The molecule has 0 amide bonds. The number of nitrogens with zero attached hydrogens (tertiary/aromatic N) is 1. The van der Waals surface area contributed by atoms with Crippen LogP contribution < -0.4 is 47.1 Å². The molecule has 0 bridgehead atoms. The van der Waals surface area contributed by atoms with Gasteiger partial charge < -0.3 is 31.5 Å². The van der Waals surface area contributed by atoms with E-state index in [-0.39, 0.29) is 59.6 Å². The predicted molar refractivity (Wildman–Crippen MR) is 52.6 cm³/mol. The first kappa shape index (κ1) is 22.1. The molecule has 0 aliphatic heterocycles. The Morgan fingerprint density at radius 3 is 2.18 bits per heavy atom. The van der Waals surface area contributed by atoms with E-state index in [4.69, 9.17) is 4.74 Å². The zero-order chi connectivity index (χ0) is 12.1. The molecule has 0 atom stereocenters. The largest absolute Gasteiger partial charge is 1.00 e. The van der Waals surface area contributed by atoms with Gasteiger partial charge in [0.05, 0.1) is 20.1 Å². The third kappa shape index (κ3) is 12.2. The summed E-state index contributed by atoms with van der Waals surface area (Å²) in [6.45, 7) is 5.48. The molecule has 17 heavy (non-hydrogen) atoms. The van der Waals surface area contributed by atoms with Crippen molar-refractivity contribution in [3.63, 3.8) is 0 Å². The molecule has 0 aliphatic carbocycles. The summed E-state index contributed by atoms with van der Waals surface area (Å²) >= 11 is 0. The van der Waals surface area contributed by atoms with E-state index in [1.165, 1.54) is 0 Å². The number of carboxylic acid groups (broad SMARTS) is 1. The molecule has 0 aromatic rings. The van der Waals surface area contributed by atoms with Crippen LogP contribution in [0, 0.1) is 0 Å². The number of carbonyl (C=O) groups excluding carboxylic acids is 2. The Morgan fingerprint density at radius 2 is 1.82 bits per heavy atom. The maximum Gasteiger partial charge on any atom is 1.00 e. The number of carbonyl (C=O) groups is 2. The first-order valence-corrected chi connectivity index (χ1v) is 4.59. The number of esters is 1. The van der Waals surface area contributed by atoms with Gasteiger partial charge in [0, 0.05) is 5.57 Å². The summed E-state index contributed by atoms with van der Waals surface area (Å²) in [6, 6.07) is 0. The molecular weight excluding hydrogens is 257 g/mol. The van der Waals surface area contributed by atoms with Gasteiger partial charge in [-0.05, 0) is 6.92 Å². The van der Waals surface area contributed by atoms with E-state index in [0.717, 1.165) is 0 Å². The van der Waals surface area contributed by atoms with Crippen LogP contribution in [0.5, 0.6) is 0 Å². The fourth-order valence-electron chi connectivity index (χ4n) is 0.937. The van der Waals surface area contributed by atoms with Crippen molar-refractivity contribution in [3.05, 3.63) is 12.2 Å². The minimum absolute atomic E-state index is 0. The number of hydrogen-bond donors (Lipinski definition) is 0. The molecule has 7 heteroatoms. The Balaban J connectivity index is -0.000000980. The van der Waals surface area contributed by atoms with Crippen LogP contribution in [0.4, 0.5) is 0 Å². The molecule has 0 aromatic heterocycles. The molecule has 0 aliphatic rings. The second kappa shape index (κ2) is 9.91. The Bertz CT molecular complexity index is 281. The Hall–Kier alpha value is -0.0700. The topological polar surface area (TPSA) is 66.4 Å². The number of rotatable bonds is 6. The van der Waals surface area contributed by atoms with Crippen LogP contribution in [0.2, 0.25) is 0 Å². The second-order valence-corrected chi connectivity index (χ2v) is 4.11. The SMILES string of the molecule is C=C(C)C(=O)OCC[N+](C)(C)CC(=O)[O-].[Cl-].[Na+]. The first-order chi connectivity index (χ1) is 6.74. The number of quaternary nitrogens is 1. The van der Waals surface area contributed by atoms with E-state index in [2.05, 4.69) is 6.58 Å². The van der Waals surface area contributed by atoms with Gasteiger partial charge in [-0.25, -0.2) is 4.79 Å². The van der Waals surface area contributed by atoms with Gasteiger partial charge in [0.2, 0.25) is 0 Å². The van der Waals surface area contributed by atoms with Gasteiger partial charge in [0.25, 0.3) is 0 Å². The molecule has 94 valence electrons. The summed E-state index contributed by atoms with van der Waals surface area (Å²) < 4.78 is 5.07. The number of carboxylic acids is 1. The minimum atomic E-state index is -1.12. The Kier molecular flexibility index (Phi) is 12.9. The van der Waals surface area contributed by atoms with Crippen molar-refractivity contribution in [2.45, 2.75) is 6.92 Å². The van der Waals surface area contributed by atoms with Gasteiger partial charge in [-0.15, -0.1) is 0 Å². The number of aliphatic carboxylic acids is 1. The number of halogens is 1. The van der Waals surface area contributed by atoms with Crippen LogP contribution in [0.3, 0.4) is 0 Å². The molecule has 0 N–H and O–H groups in total. The van der Waals surface area contributed by atoms with E-state index in [1.54, 1.807) is 21.0 Å². The molecule has 0 spiro atoms. The maximum atomic E-state index is 11.0. The van der Waals surface area contributed by atoms with E-state index in [1.807, 2.05) is 0 Å². The summed E-state index contributed by atoms with van der Waals surface area (Å²) in [4.78, 5) is 21.4. The van der Waals surface area contributed by atoms with Crippen molar-refractivity contribution in [1.29, 1.82) is 0 Å². The van der Waals surface area contributed by atoms with Crippen molar-refractivity contribution in [2.75, 3.05) is 33.8 Å². The van der Waals surface area contributed by atoms with Crippen LogP contribution in [0.15, 0.2) is 12.2 Å². The van der Waals surface area contributed by atoms with Crippen molar-refractivity contribution < 1.29 is 65.9 Å². The van der Waals surface area contributed by atoms with Gasteiger partial charge in [-0.1, -0.05) is 6.58 Å². The maximum absolute atomic E-state index is 11.0. The molecule has 0 saturated heterocycles. The molecule has 0 aromatic carbocycles. The fourth-order valence-corrected chi connectivity index (χ4v) is 0.937. The number of likely N-dealkylation sites (N-methyl/N-ethyl adjacent to an activating group) is 1. The van der Waals surface area contributed by atoms with E-state index in [9.17, 15) is 14.7 Å². The van der Waals surface area contributed by atoms with Gasteiger partial charge in [-0.2, -0.15) is 0 Å². The van der Waals surface area contributed by atoms with Gasteiger partial charge in [0.1, 0.15) is 19.7 Å². The van der Waals surface area contributed by atoms with Crippen LogP contribution in [-0.2, 0) is 14.3 Å². The molecule has 0 radical (unpaired) electrons. The van der Waals surface area contributed by atoms with Crippen LogP contribution >= 0.6 is 0 Å². The Morgan fingerprint density at radius 1 is 1.35 bits per heavy atom. The molecule has 0 rings (SSSR count). The van der Waals surface area contributed by atoms with Crippen molar-refractivity contribution in [2.24, 2.45) is 0 Å². The standard InChI is InChI=1S/C10H17NO4.ClH.Na/c1-8(2)10(14)15-6-5-11(3,4)7-9(12)13;;/h1,5-7H2,2-4H3;1H;/q;;+1/p-1. The number of ether oxygens (including phenoxy) is 1. The molecule has 0 fully saturated rings. The summed E-state index contributed by atoms with van der Waals surface area (Å²) in [5, 5.41) is 10.4. The van der Waals surface area contributed by atoms with E-state index < -0.39 is 11.9 Å². The van der Waals surface area contributed by atoms with E-state index >= 15 is 0 Å². The molecule has 5 nitrogen and oxygen atoms in total. The molecular formula is C10H17ClNNaO4. The summed E-state index contributed by atoms with van der Waals surface area (Å²) in [5.74, 6) is -1.57. The van der Waals surface area contributed by atoms with Crippen LogP contribution in [-0.4, -0.2) is 50.2 Å². The van der Waals surface area contributed by atoms with E-state index in [0.29, 0.717) is 12.1 Å². The van der Waals surface area contributed by atoms with Crippen molar-refractivity contribution in [1.82, 2.24) is 0 Å². The zero-order valence-corrected chi connectivity index (χ0v) is 13.5. The molecule has 0 heterocycles. The summed E-state index contributed by atoms with van der Waals surface area (Å²) in [5.41, 5.74) is 0.334. The minimum Gasteiger partial charge on any atom is -1.00 e. The summed E-state index contributed by atoms with van der Waals surface area (Å²) in [6.07, 6.45) is 0. The smallest absolute Gasteiger partial charge is 1.00 e. The van der Waals surface area contributed by atoms with Crippen molar-refractivity contribution in [3.8, 4) is 0 Å². The average Bonchev–Trinajstić information content (AvgIpc) is 2.00. The predicted octanol–water partition coefficient (Wildman–Crippen LogP) is -7.06. The normalized spacial score (nSPS) is 9.59. The quantitative estimate of drug-likeness (QED) is 0.209. The fraction of sp³-hybridized carbons (Fsp3) is 0.600. The van der Waals surface area contributed by atoms with Crippen LogP contribution in [0.25, 0.3) is 0 Å². The molecule has 0 saturated carbocycles. The number of hydrogen-bond acceptors (Lipinski definition) is 4. The third-order valence-corrected chi connectivity index (χ3v) is 1.84. The summed E-state index contributed by atoms with van der Waals surface area (Å²) in [7, 11) is 3.45. The second-order valence-electron chi connectivity index (χ2n) is 4.11. The monoisotopic (exact) mass is 273 g/mol. The van der Waals surface area contributed by atoms with Crippen LogP contribution in [0.1, 0.15) is 6.92 Å². The first-order valence-electron chi connectivity index (χ1n) is 4.59. The zero-order valence-electron chi connectivity index (χ0n) is 10.8. The molecule has 0 unspecified atom stereocenters. The third-order valence-electron chi connectivity index (χ3n) is 1.84. The van der Waals surface area contributed by atoms with Gasteiger partial charge in [0.15, 0.2) is 0 Å². The van der Waals surface area contributed by atoms with Gasteiger partial charge in [-0.3, -0.25) is 0 Å². The average molecular weight is 274 g/mol. The van der Waals surface area contributed by atoms with Crippen molar-refractivity contribution >= 4 is 11.9 Å². The van der Waals surface area contributed by atoms with Gasteiger partial charge >= 0.3 is 35.5 Å².